The Morgan fingerprint density at radius 3 is 2.72 bits per heavy atom. The summed E-state index contributed by atoms with van der Waals surface area (Å²) >= 11 is 0. The normalized spacial score (nSPS) is 14.7. The van der Waals surface area contributed by atoms with Gasteiger partial charge in [0.2, 0.25) is 0 Å². The van der Waals surface area contributed by atoms with Gasteiger partial charge in [0.1, 0.15) is 17.7 Å². The minimum Gasteiger partial charge on any atom is -0.381 e. The molecule has 1 aliphatic heterocycles. The fourth-order valence-electron chi connectivity index (χ4n) is 4.15. The van der Waals surface area contributed by atoms with E-state index in [0.29, 0.717) is 30.1 Å². The SMILES string of the molecule is N#Cc1ccn2ncc(-c3ncc4nc(-c5cncnc5)n(C5CCOCC5)c4n3)c2c1. The Morgan fingerprint density at radius 2 is 1.91 bits per heavy atom. The monoisotopic (exact) mass is 423 g/mol. The van der Waals surface area contributed by atoms with Crippen molar-refractivity contribution in [2.45, 2.75) is 18.9 Å². The van der Waals surface area contributed by atoms with Gasteiger partial charge in [0.15, 0.2) is 11.5 Å². The van der Waals surface area contributed by atoms with Gasteiger partial charge in [0, 0.05) is 37.8 Å². The number of nitrogens with zero attached hydrogens (tertiary/aromatic N) is 9. The van der Waals surface area contributed by atoms with E-state index in [1.165, 1.54) is 6.33 Å². The minimum absolute atomic E-state index is 0.195. The lowest BCUT2D eigenvalue weighted by atomic mass is 10.1. The maximum absolute atomic E-state index is 9.29. The minimum atomic E-state index is 0.195. The average Bonchev–Trinajstić information content (AvgIpc) is 3.46. The van der Waals surface area contributed by atoms with E-state index in [-0.39, 0.29) is 6.04 Å². The molecule has 0 saturated carbocycles. The van der Waals surface area contributed by atoms with Crippen LogP contribution in [-0.2, 0) is 4.74 Å². The van der Waals surface area contributed by atoms with E-state index in [0.717, 1.165) is 41.0 Å². The van der Waals surface area contributed by atoms with E-state index in [9.17, 15) is 5.26 Å². The van der Waals surface area contributed by atoms with Gasteiger partial charge in [-0.25, -0.2) is 29.4 Å². The Bertz CT molecular complexity index is 1480. The number of rotatable bonds is 3. The van der Waals surface area contributed by atoms with Gasteiger partial charge >= 0.3 is 0 Å². The second kappa shape index (κ2) is 7.47. The van der Waals surface area contributed by atoms with Gasteiger partial charge in [-0.15, -0.1) is 0 Å². The quantitative estimate of drug-likeness (QED) is 0.434. The fourth-order valence-corrected chi connectivity index (χ4v) is 4.15. The summed E-state index contributed by atoms with van der Waals surface area (Å²) in [5, 5.41) is 13.7. The molecule has 5 aromatic heterocycles. The third-order valence-corrected chi connectivity index (χ3v) is 5.70. The first-order valence-electron chi connectivity index (χ1n) is 10.3. The van der Waals surface area contributed by atoms with Crippen LogP contribution in [0.4, 0.5) is 0 Å². The van der Waals surface area contributed by atoms with E-state index in [1.54, 1.807) is 47.6 Å². The van der Waals surface area contributed by atoms with E-state index >= 15 is 0 Å². The van der Waals surface area contributed by atoms with Crippen molar-refractivity contribution in [2.75, 3.05) is 13.2 Å². The van der Waals surface area contributed by atoms with Gasteiger partial charge in [-0.05, 0) is 25.0 Å². The first-order valence-corrected chi connectivity index (χ1v) is 10.3. The summed E-state index contributed by atoms with van der Waals surface area (Å²) in [6.07, 6.45) is 12.0. The number of pyridine rings is 1. The van der Waals surface area contributed by atoms with Gasteiger partial charge in [0.05, 0.1) is 40.7 Å². The number of hydrogen-bond donors (Lipinski definition) is 0. The summed E-state index contributed by atoms with van der Waals surface area (Å²) in [5.41, 5.74) is 4.36. The predicted molar refractivity (Wildman–Crippen MR) is 114 cm³/mol. The van der Waals surface area contributed by atoms with Crippen LogP contribution in [0.15, 0.2) is 49.4 Å². The first-order chi connectivity index (χ1) is 15.8. The summed E-state index contributed by atoms with van der Waals surface area (Å²) in [5.74, 6) is 1.30. The Morgan fingerprint density at radius 1 is 1.06 bits per heavy atom. The van der Waals surface area contributed by atoms with Crippen LogP contribution in [0.1, 0.15) is 24.4 Å². The molecule has 0 aliphatic carbocycles. The fraction of sp³-hybridized carbons (Fsp3) is 0.227. The summed E-state index contributed by atoms with van der Waals surface area (Å²) in [7, 11) is 0. The van der Waals surface area contributed by atoms with Crippen LogP contribution in [0.25, 0.3) is 39.5 Å². The molecule has 0 atom stereocenters. The standard InChI is InChI=1S/C22H17N9O/c23-8-14-1-4-30-19(7-14)17(11-27-30)20-26-12-18-22(29-20)31(16-2-5-32-6-3-16)21(28-18)15-9-24-13-25-10-15/h1,4,7,9-13,16H,2-3,5-6H2. The lowest BCUT2D eigenvalue weighted by molar-refractivity contribution is 0.0708. The van der Waals surface area contributed by atoms with Crippen LogP contribution < -0.4 is 0 Å². The summed E-state index contributed by atoms with van der Waals surface area (Å²) in [6, 6.07) is 5.88. The summed E-state index contributed by atoms with van der Waals surface area (Å²) in [4.78, 5) is 22.6. The number of nitriles is 1. The first kappa shape index (κ1) is 18.5. The van der Waals surface area contributed by atoms with Crippen LogP contribution in [-0.4, -0.2) is 52.3 Å². The Hall–Kier alpha value is -4.23. The predicted octanol–water partition coefficient (Wildman–Crippen LogP) is 2.82. The molecule has 10 heteroatoms. The van der Waals surface area contributed by atoms with Crippen molar-refractivity contribution in [3.8, 4) is 28.8 Å². The molecule has 0 radical (unpaired) electrons. The lowest BCUT2D eigenvalue weighted by Gasteiger charge is -2.25. The molecule has 5 aromatic rings. The van der Waals surface area contributed by atoms with Crippen molar-refractivity contribution in [3.05, 3.63) is 55.0 Å². The number of aromatic nitrogens is 8. The molecule has 32 heavy (non-hydrogen) atoms. The van der Waals surface area contributed by atoms with Gasteiger partial charge < -0.3 is 9.30 Å². The molecule has 1 aliphatic rings. The van der Waals surface area contributed by atoms with E-state index < -0.39 is 0 Å². The van der Waals surface area contributed by atoms with Crippen LogP contribution >= 0.6 is 0 Å². The molecule has 1 saturated heterocycles. The molecule has 0 N–H and O–H groups in total. The van der Waals surface area contributed by atoms with Gasteiger partial charge in [-0.3, -0.25) is 0 Å². The highest BCUT2D eigenvalue weighted by molar-refractivity contribution is 5.82. The van der Waals surface area contributed by atoms with Gasteiger partial charge in [-0.2, -0.15) is 10.4 Å². The molecule has 6 heterocycles. The topological polar surface area (TPSA) is 120 Å². The molecular weight excluding hydrogens is 406 g/mol. The molecular formula is C22H17N9O. The molecule has 0 spiro atoms. The van der Waals surface area contributed by atoms with E-state index in [1.807, 2.05) is 0 Å². The van der Waals surface area contributed by atoms with E-state index in [4.69, 9.17) is 14.7 Å². The largest absolute Gasteiger partial charge is 0.381 e. The second-order valence-electron chi connectivity index (χ2n) is 7.59. The van der Waals surface area contributed by atoms with Gasteiger partial charge in [0.25, 0.3) is 0 Å². The molecule has 6 rings (SSSR count). The summed E-state index contributed by atoms with van der Waals surface area (Å²) in [6.45, 7) is 1.38. The van der Waals surface area contributed by atoms with Crippen molar-refractivity contribution in [3.63, 3.8) is 0 Å². The highest BCUT2D eigenvalue weighted by atomic mass is 16.5. The molecule has 0 bridgehead atoms. The van der Waals surface area contributed by atoms with Crippen LogP contribution in [0, 0.1) is 11.3 Å². The number of hydrogen-bond acceptors (Lipinski definition) is 8. The summed E-state index contributed by atoms with van der Waals surface area (Å²) < 4.78 is 9.45. The molecule has 0 amide bonds. The molecule has 0 unspecified atom stereocenters. The molecule has 156 valence electrons. The van der Waals surface area contributed by atoms with Crippen molar-refractivity contribution < 1.29 is 4.74 Å². The van der Waals surface area contributed by atoms with Gasteiger partial charge in [-0.1, -0.05) is 0 Å². The van der Waals surface area contributed by atoms with E-state index in [2.05, 4.69) is 30.7 Å². The van der Waals surface area contributed by atoms with Crippen LogP contribution in [0.2, 0.25) is 0 Å². The van der Waals surface area contributed by atoms with Crippen molar-refractivity contribution in [1.29, 1.82) is 5.26 Å². The molecule has 0 aromatic carbocycles. The third kappa shape index (κ3) is 2.99. The third-order valence-electron chi connectivity index (χ3n) is 5.70. The maximum atomic E-state index is 9.29. The smallest absolute Gasteiger partial charge is 0.165 e. The Balaban J connectivity index is 1.57. The molecule has 10 nitrogen and oxygen atoms in total. The zero-order valence-electron chi connectivity index (χ0n) is 17.0. The maximum Gasteiger partial charge on any atom is 0.165 e. The van der Waals surface area contributed by atoms with Crippen molar-refractivity contribution in [1.82, 2.24) is 39.1 Å². The number of fused-ring (bicyclic) bond motifs is 2. The zero-order chi connectivity index (χ0) is 21.5. The number of imidazole rings is 1. The zero-order valence-corrected chi connectivity index (χ0v) is 17.0. The van der Waals surface area contributed by atoms with Crippen molar-refractivity contribution >= 4 is 16.7 Å². The molecule has 1 fully saturated rings. The van der Waals surface area contributed by atoms with Crippen molar-refractivity contribution in [2.24, 2.45) is 0 Å². The second-order valence-corrected chi connectivity index (χ2v) is 7.59. The highest BCUT2D eigenvalue weighted by Crippen LogP contribution is 2.32. The van der Waals surface area contributed by atoms with Crippen LogP contribution in [0.5, 0.6) is 0 Å². The Labute approximate surface area is 182 Å². The Kier molecular flexibility index (Phi) is 4.33. The average molecular weight is 423 g/mol. The lowest BCUT2D eigenvalue weighted by Crippen LogP contribution is -2.20. The van der Waals surface area contributed by atoms with Crippen LogP contribution in [0.3, 0.4) is 0 Å². The highest BCUT2D eigenvalue weighted by Gasteiger charge is 2.25. The number of ether oxygens (including phenoxy) is 1.